The van der Waals surface area contributed by atoms with Crippen LogP contribution in [0.5, 0.6) is 0 Å². The van der Waals surface area contributed by atoms with Crippen LogP contribution in [0.3, 0.4) is 0 Å². The second-order valence-corrected chi connectivity index (χ2v) is 4.07. The van der Waals surface area contributed by atoms with Crippen LogP contribution >= 0.6 is 0 Å². The normalized spacial score (nSPS) is 19.4. The first kappa shape index (κ1) is 14.9. The van der Waals surface area contributed by atoms with Crippen LogP contribution < -0.4 is 10.6 Å². The molecule has 8 nitrogen and oxygen atoms in total. The van der Waals surface area contributed by atoms with Gasteiger partial charge >= 0.3 is 11.9 Å². The zero-order chi connectivity index (χ0) is 14.4. The Kier molecular flexibility index (Phi) is 5.28. The molecule has 0 aromatic heterocycles. The number of ether oxygens (including phenoxy) is 1. The van der Waals surface area contributed by atoms with Gasteiger partial charge in [0.15, 0.2) is 0 Å². The third-order valence-corrected chi connectivity index (χ3v) is 2.60. The van der Waals surface area contributed by atoms with Crippen LogP contribution in [-0.4, -0.2) is 47.6 Å². The average Bonchev–Trinajstić information content (AvgIpc) is 2.75. The molecule has 106 valence electrons. The van der Waals surface area contributed by atoms with Crippen molar-refractivity contribution in [1.82, 2.24) is 10.6 Å². The fourth-order valence-corrected chi connectivity index (χ4v) is 1.67. The minimum Gasteiger partial charge on any atom is -0.480 e. The van der Waals surface area contributed by atoms with Crippen molar-refractivity contribution in [1.29, 1.82) is 0 Å². The molecule has 0 radical (unpaired) electrons. The lowest BCUT2D eigenvalue weighted by atomic mass is 10.1. The van der Waals surface area contributed by atoms with Crippen molar-refractivity contribution in [2.75, 3.05) is 6.61 Å². The molecule has 2 atom stereocenters. The molecule has 1 heterocycles. The lowest BCUT2D eigenvalue weighted by Crippen LogP contribution is -2.49. The first-order valence-electron chi connectivity index (χ1n) is 5.92. The van der Waals surface area contributed by atoms with Crippen molar-refractivity contribution in [2.45, 2.75) is 38.3 Å². The first-order chi connectivity index (χ1) is 8.93. The third kappa shape index (κ3) is 4.57. The highest BCUT2D eigenvalue weighted by atomic mass is 16.5. The number of carbonyl (C=O) groups is 4. The van der Waals surface area contributed by atoms with Crippen LogP contribution in [0.1, 0.15) is 26.2 Å². The molecule has 0 spiro atoms. The van der Waals surface area contributed by atoms with E-state index in [1.165, 1.54) is 0 Å². The van der Waals surface area contributed by atoms with Crippen LogP contribution in [-0.2, 0) is 23.9 Å². The maximum absolute atomic E-state index is 11.7. The molecule has 0 unspecified atom stereocenters. The van der Waals surface area contributed by atoms with Crippen LogP contribution in [0.4, 0.5) is 0 Å². The molecule has 0 aliphatic carbocycles. The summed E-state index contributed by atoms with van der Waals surface area (Å²) in [4.78, 5) is 44.8. The monoisotopic (exact) mass is 272 g/mol. The Hall–Kier alpha value is -2.12. The van der Waals surface area contributed by atoms with Crippen molar-refractivity contribution >= 4 is 23.8 Å². The van der Waals surface area contributed by atoms with E-state index in [9.17, 15) is 19.2 Å². The fourth-order valence-electron chi connectivity index (χ4n) is 1.67. The number of hydrogen-bond acceptors (Lipinski definition) is 5. The molecule has 1 aliphatic rings. The quantitative estimate of drug-likeness (QED) is 0.521. The number of carbonyl (C=O) groups excluding carboxylic acids is 3. The van der Waals surface area contributed by atoms with Crippen molar-refractivity contribution < 1.29 is 29.0 Å². The summed E-state index contributed by atoms with van der Waals surface area (Å²) in [5.74, 6) is -2.89. The van der Waals surface area contributed by atoms with Crippen molar-refractivity contribution in [2.24, 2.45) is 0 Å². The van der Waals surface area contributed by atoms with Gasteiger partial charge in [-0.05, 0) is 13.3 Å². The van der Waals surface area contributed by atoms with E-state index in [2.05, 4.69) is 15.4 Å². The summed E-state index contributed by atoms with van der Waals surface area (Å²) in [7, 11) is 0. The maximum Gasteiger partial charge on any atom is 0.326 e. The lowest BCUT2D eigenvalue weighted by molar-refractivity contribution is -0.150. The van der Waals surface area contributed by atoms with Crippen LogP contribution in [0.2, 0.25) is 0 Å². The lowest BCUT2D eigenvalue weighted by Gasteiger charge is -2.16. The Balaban J connectivity index is 2.53. The van der Waals surface area contributed by atoms with E-state index in [4.69, 9.17) is 5.11 Å². The summed E-state index contributed by atoms with van der Waals surface area (Å²) >= 11 is 0. The van der Waals surface area contributed by atoms with Gasteiger partial charge in [0, 0.05) is 6.42 Å². The molecule has 1 rings (SSSR count). The topological polar surface area (TPSA) is 122 Å². The highest BCUT2D eigenvalue weighted by molar-refractivity contribution is 5.93. The molecular formula is C11H16N2O6. The standard InChI is InChI=1S/C11H16N2O6/c1-2-19-9(15)5-7(11(17)18)13-10(16)6-3-4-8(14)12-6/h6-7H,2-5H2,1H3,(H,12,14)(H,13,16)(H,17,18)/t6-,7+/m0/s1. The molecule has 1 fully saturated rings. The Morgan fingerprint density at radius 2 is 2.21 bits per heavy atom. The first-order valence-corrected chi connectivity index (χ1v) is 5.92. The van der Waals surface area contributed by atoms with Gasteiger partial charge in [0.2, 0.25) is 11.8 Å². The van der Waals surface area contributed by atoms with Crippen LogP contribution in [0.25, 0.3) is 0 Å². The molecule has 1 saturated heterocycles. The zero-order valence-corrected chi connectivity index (χ0v) is 10.5. The fraction of sp³-hybridized carbons (Fsp3) is 0.636. The van der Waals surface area contributed by atoms with Gasteiger partial charge in [-0.15, -0.1) is 0 Å². The average molecular weight is 272 g/mol. The van der Waals surface area contributed by atoms with Gasteiger partial charge in [-0.1, -0.05) is 0 Å². The van der Waals surface area contributed by atoms with E-state index in [1.54, 1.807) is 6.92 Å². The van der Waals surface area contributed by atoms with Gasteiger partial charge in [-0.2, -0.15) is 0 Å². The number of rotatable bonds is 6. The van der Waals surface area contributed by atoms with Crippen molar-refractivity contribution in [3.8, 4) is 0 Å². The largest absolute Gasteiger partial charge is 0.480 e. The molecule has 3 N–H and O–H groups in total. The number of carboxylic acid groups (broad SMARTS) is 1. The molecule has 0 saturated carbocycles. The van der Waals surface area contributed by atoms with Crippen molar-refractivity contribution in [3.63, 3.8) is 0 Å². The second-order valence-electron chi connectivity index (χ2n) is 4.07. The van der Waals surface area contributed by atoms with Crippen LogP contribution in [0, 0.1) is 0 Å². The number of amides is 2. The minimum atomic E-state index is -1.36. The number of aliphatic carboxylic acids is 1. The van der Waals surface area contributed by atoms with E-state index in [0.717, 1.165) is 0 Å². The number of hydrogen-bond donors (Lipinski definition) is 3. The highest BCUT2D eigenvalue weighted by Gasteiger charge is 2.31. The van der Waals surface area contributed by atoms with E-state index in [-0.39, 0.29) is 18.9 Å². The molecule has 1 aliphatic heterocycles. The summed E-state index contributed by atoms with van der Waals surface area (Å²) in [5, 5.41) is 13.6. The molecule has 2 amide bonds. The Morgan fingerprint density at radius 3 is 2.68 bits per heavy atom. The van der Waals surface area contributed by atoms with E-state index in [1.807, 2.05) is 0 Å². The zero-order valence-electron chi connectivity index (χ0n) is 10.5. The van der Waals surface area contributed by atoms with E-state index in [0.29, 0.717) is 6.42 Å². The maximum atomic E-state index is 11.7. The molecule has 0 bridgehead atoms. The van der Waals surface area contributed by atoms with Crippen LogP contribution in [0.15, 0.2) is 0 Å². The molecule has 0 aromatic carbocycles. The van der Waals surface area contributed by atoms with Crippen molar-refractivity contribution in [3.05, 3.63) is 0 Å². The summed E-state index contributed by atoms with van der Waals surface area (Å²) in [6.07, 6.45) is 0.0969. The number of carboxylic acids is 1. The molecule has 19 heavy (non-hydrogen) atoms. The SMILES string of the molecule is CCOC(=O)C[C@@H](NC(=O)[C@@H]1CCC(=O)N1)C(=O)O. The van der Waals surface area contributed by atoms with Gasteiger partial charge < -0.3 is 20.5 Å². The third-order valence-electron chi connectivity index (χ3n) is 2.60. The number of esters is 1. The van der Waals surface area contributed by atoms with Gasteiger partial charge in [0.1, 0.15) is 12.1 Å². The summed E-state index contributed by atoms with van der Waals surface area (Å²) in [6, 6.07) is -2.10. The molecule has 0 aromatic rings. The Labute approximate surface area is 109 Å². The summed E-state index contributed by atoms with van der Waals surface area (Å²) in [5.41, 5.74) is 0. The predicted molar refractivity (Wildman–Crippen MR) is 62.0 cm³/mol. The minimum absolute atomic E-state index is 0.137. The number of nitrogens with one attached hydrogen (secondary N) is 2. The Morgan fingerprint density at radius 1 is 1.53 bits per heavy atom. The predicted octanol–water partition coefficient (Wildman–Crippen LogP) is -1.21. The molecular weight excluding hydrogens is 256 g/mol. The Bertz CT molecular complexity index is 395. The van der Waals surface area contributed by atoms with Gasteiger partial charge in [-0.25, -0.2) is 4.79 Å². The highest BCUT2D eigenvalue weighted by Crippen LogP contribution is 2.07. The van der Waals surface area contributed by atoms with Gasteiger partial charge in [0.05, 0.1) is 13.0 Å². The van der Waals surface area contributed by atoms with E-state index >= 15 is 0 Å². The second kappa shape index (κ2) is 6.72. The summed E-state index contributed by atoms with van der Waals surface area (Å²) < 4.78 is 4.62. The summed E-state index contributed by atoms with van der Waals surface area (Å²) in [6.45, 7) is 1.73. The molecule has 8 heteroatoms. The smallest absolute Gasteiger partial charge is 0.326 e. The van der Waals surface area contributed by atoms with E-state index < -0.39 is 36.4 Å². The van der Waals surface area contributed by atoms with Gasteiger partial charge in [0.25, 0.3) is 0 Å². The van der Waals surface area contributed by atoms with Gasteiger partial charge in [-0.3, -0.25) is 14.4 Å².